The van der Waals surface area contributed by atoms with E-state index in [9.17, 15) is 70.2 Å². The molecule has 0 saturated heterocycles. The van der Waals surface area contributed by atoms with Crippen molar-refractivity contribution in [3.8, 4) is 0 Å². The molecule has 0 amide bonds. The maximum atomic E-state index is 13.9. The normalized spacial score (nSPS) is 15.4. The molecule has 0 spiro atoms. The van der Waals surface area contributed by atoms with Crippen LogP contribution in [0.2, 0.25) is 0 Å². The van der Waals surface area contributed by atoms with Gasteiger partial charge in [0.25, 0.3) is 0 Å². The fraction of sp³-hybridized carbons (Fsp3) is 1.00. The first-order chi connectivity index (χ1) is 16.4. The van der Waals surface area contributed by atoms with E-state index in [0.717, 1.165) is 19.8 Å². The number of alkyl halides is 16. The molecule has 0 aliphatic carbocycles. The predicted octanol–water partition coefficient (Wildman–Crippen LogP) is 10.4. The van der Waals surface area contributed by atoms with Crippen molar-refractivity contribution in [1.82, 2.24) is 0 Å². The molecule has 0 rings (SSSR count). The van der Waals surface area contributed by atoms with Gasteiger partial charge in [0.1, 0.15) is 0 Å². The lowest BCUT2D eigenvalue weighted by molar-refractivity contribution is -0.453. The van der Waals surface area contributed by atoms with Crippen molar-refractivity contribution in [2.24, 2.45) is 0 Å². The Labute approximate surface area is 203 Å². The van der Waals surface area contributed by atoms with Gasteiger partial charge in [-0.05, 0) is 12.8 Å². The van der Waals surface area contributed by atoms with Crippen LogP contribution in [-0.2, 0) is 0 Å². The first-order valence-corrected chi connectivity index (χ1v) is 11.4. The number of rotatable bonds is 18. The lowest BCUT2D eigenvalue weighted by Gasteiger charge is -2.43. The summed E-state index contributed by atoms with van der Waals surface area (Å²) in [6.45, 7) is 2.86. The highest BCUT2D eigenvalue weighted by Gasteiger charge is 2.94. The zero-order chi connectivity index (χ0) is 29.8. The van der Waals surface area contributed by atoms with Crippen LogP contribution < -0.4 is 0 Å². The monoisotopic (exact) mass is 584 g/mol. The quantitative estimate of drug-likeness (QED) is 0.111. The topological polar surface area (TPSA) is 0 Å². The van der Waals surface area contributed by atoms with Crippen molar-refractivity contribution >= 4 is 0 Å². The van der Waals surface area contributed by atoms with Gasteiger partial charge in [0.2, 0.25) is 0 Å². The third-order valence-electron chi connectivity index (χ3n) is 5.83. The third kappa shape index (κ3) is 6.38. The minimum Gasteiger partial charge on any atom is -0.200 e. The minimum absolute atomic E-state index is 0.125. The number of halogens is 16. The highest BCUT2D eigenvalue weighted by atomic mass is 19.4. The summed E-state index contributed by atoms with van der Waals surface area (Å²) in [6.07, 6.45) is -4.71. The Morgan fingerprint density at radius 1 is 0.297 bits per heavy atom. The summed E-state index contributed by atoms with van der Waals surface area (Å²) in [6, 6.07) is 0. The molecule has 224 valence electrons. The van der Waals surface area contributed by atoms with Crippen LogP contribution in [0.25, 0.3) is 0 Å². The zero-order valence-corrected chi connectivity index (χ0v) is 19.8. The second-order valence-corrected chi connectivity index (χ2v) is 8.83. The summed E-state index contributed by atoms with van der Waals surface area (Å²) < 4.78 is 220. The van der Waals surface area contributed by atoms with Crippen LogP contribution >= 0.6 is 0 Å². The van der Waals surface area contributed by atoms with Gasteiger partial charge in [0.05, 0.1) is 0 Å². The number of hydrogen-bond acceptors (Lipinski definition) is 0. The smallest absolute Gasteiger partial charge is 0.200 e. The molecule has 0 fully saturated rings. The Morgan fingerprint density at radius 3 is 0.865 bits per heavy atom. The van der Waals surface area contributed by atoms with E-state index in [4.69, 9.17) is 0 Å². The van der Waals surface area contributed by atoms with E-state index >= 15 is 0 Å². The van der Waals surface area contributed by atoms with Crippen molar-refractivity contribution in [2.45, 2.75) is 132 Å². The zero-order valence-electron chi connectivity index (χ0n) is 19.8. The van der Waals surface area contributed by atoms with E-state index in [2.05, 4.69) is 0 Å². The Bertz CT molecular complexity index is 699. The van der Waals surface area contributed by atoms with Crippen LogP contribution in [0.4, 0.5) is 70.2 Å². The fourth-order valence-electron chi connectivity index (χ4n) is 3.26. The fourth-order valence-corrected chi connectivity index (χ4v) is 3.26. The van der Waals surface area contributed by atoms with E-state index in [-0.39, 0.29) is 12.8 Å². The van der Waals surface area contributed by atoms with Gasteiger partial charge in [-0.1, -0.05) is 58.8 Å². The van der Waals surface area contributed by atoms with E-state index in [1.54, 1.807) is 0 Å². The molecule has 0 nitrogen and oxygen atoms in total. The van der Waals surface area contributed by atoms with Gasteiger partial charge >= 0.3 is 47.4 Å². The molecule has 0 aliphatic heterocycles. The van der Waals surface area contributed by atoms with Crippen molar-refractivity contribution in [2.75, 3.05) is 0 Å². The second kappa shape index (κ2) is 12.0. The minimum atomic E-state index is -8.33. The Hall–Kier alpha value is -1.12. The van der Waals surface area contributed by atoms with Crippen LogP contribution in [0.3, 0.4) is 0 Å². The van der Waals surface area contributed by atoms with Gasteiger partial charge < -0.3 is 0 Å². The number of hydrogen-bond donors (Lipinski definition) is 0. The van der Waals surface area contributed by atoms with Gasteiger partial charge in [-0.25, -0.2) is 0 Å². The van der Waals surface area contributed by atoms with E-state index < -0.39 is 79.5 Å². The molecule has 0 N–H and O–H groups in total. The molecule has 0 aromatic heterocycles. The average molecular weight is 584 g/mol. The molecule has 0 radical (unpaired) electrons. The molecule has 0 heterocycles. The van der Waals surface area contributed by atoms with Crippen LogP contribution in [0.15, 0.2) is 0 Å². The SMILES string of the molecule is CCCCCCCCCC(F)(F)C(F)(F)C(F)(F)C(F)(F)C(F)(F)C(F)(F)C(F)(F)C(F)(F)CCCC. The standard InChI is InChI=1S/C21H28F16/c1-3-5-7-8-9-10-11-13-15(24,25)17(28,29)19(32,33)21(36,37)20(34,35)18(30,31)16(26,27)14(22,23)12-6-4-2/h3-13H2,1-2H3. The summed E-state index contributed by atoms with van der Waals surface area (Å²) in [7, 11) is 0. The van der Waals surface area contributed by atoms with Gasteiger partial charge in [-0.15, -0.1) is 0 Å². The maximum Gasteiger partial charge on any atom is 0.384 e. The largest absolute Gasteiger partial charge is 0.384 e. The summed E-state index contributed by atoms with van der Waals surface area (Å²) in [4.78, 5) is 0. The van der Waals surface area contributed by atoms with Crippen LogP contribution in [0.5, 0.6) is 0 Å². The van der Waals surface area contributed by atoms with Crippen molar-refractivity contribution in [3.05, 3.63) is 0 Å². The molecular weight excluding hydrogens is 556 g/mol. The van der Waals surface area contributed by atoms with Crippen molar-refractivity contribution in [1.29, 1.82) is 0 Å². The van der Waals surface area contributed by atoms with Gasteiger partial charge in [-0.3, -0.25) is 0 Å². The highest BCUT2D eigenvalue weighted by Crippen LogP contribution is 2.64. The van der Waals surface area contributed by atoms with Crippen LogP contribution in [-0.4, -0.2) is 47.4 Å². The molecule has 0 aliphatic rings. The van der Waals surface area contributed by atoms with E-state index in [0.29, 0.717) is 12.8 Å². The van der Waals surface area contributed by atoms with Crippen molar-refractivity contribution in [3.63, 3.8) is 0 Å². The van der Waals surface area contributed by atoms with Gasteiger partial charge in [0.15, 0.2) is 0 Å². The highest BCUT2D eigenvalue weighted by molar-refractivity contribution is 5.15. The molecule has 0 aromatic carbocycles. The van der Waals surface area contributed by atoms with Crippen molar-refractivity contribution < 1.29 is 70.2 Å². The first kappa shape index (κ1) is 35.9. The summed E-state index contributed by atoms with van der Waals surface area (Å²) in [5.74, 6) is -60.1. The molecule has 0 atom stereocenters. The van der Waals surface area contributed by atoms with Crippen LogP contribution in [0, 0.1) is 0 Å². The van der Waals surface area contributed by atoms with Gasteiger partial charge in [-0.2, -0.15) is 70.2 Å². The molecule has 37 heavy (non-hydrogen) atoms. The summed E-state index contributed by atoms with van der Waals surface area (Å²) in [5, 5.41) is 0. The molecule has 0 aromatic rings. The third-order valence-corrected chi connectivity index (χ3v) is 5.83. The molecule has 0 saturated carbocycles. The maximum absolute atomic E-state index is 13.9. The Morgan fingerprint density at radius 2 is 0.541 bits per heavy atom. The average Bonchev–Trinajstić information content (AvgIpc) is 2.76. The Kier molecular flexibility index (Phi) is 11.6. The molecule has 0 bridgehead atoms. The Balaban J connectivity index is 6.10. The lowest BCUT2D eigenvalue weighted by atomic mass is 9.86. The molecule has 0 unspecified atom stereocenters. The number of unbranched alkanes of at least 4 members (excludes halogenated alkanes) is 7. The molecule has 16 heteroatoms. The summed E-state index contributed by atoms with van der Waals surface area (Å²) in [5.41, 5.74) is 0. The first-order valence-electron chi connectivity index (χ1n) is 11.4. The molecular formula is C21H28F16. The summed E-state index contributed by atoms with van der Waals surface area (Å²) >= 11 is 0. The second-order valence-electron chi connectivity index (χ2n) is 8.83. The predicted molar refractivity (Wildman–Crippen MR) is 102 cm³/mol. The van der Waals surface area contributed by atoms with Crippen LogP contribution in [0.1, 0.15) is 84.5 Å². The van der Waals surface area contributed by atoms with E-state index in [1.807, 2.05) is 6.92 Å². The van der Waals surface area contributed by atoms with E-state index in [1.165, 1.54) is 0 Å². The lowest BCUT2D eigenvalue weighted by Crippen LogP contribution is -2.74. The van der Waals surface area contributed by atoms with Gasteiger partial charge in [0, 0.05) is 12.8 Å².